The quantitative estimate of drug-likeness (QED) is 0.611. The summed E-state index contributed by atoms with van der Waals surface area (Å²) in [6, 6.07) is 0. The zero-order chi connectivity index (χ0) is 10.4. The Bertz CT molecular complexity index is 158. The monoisotopic (exact) mass is 200 g/mol. The largest absolute Gasteiger partial charge is 0.348 e. The van der Waals surface area contributed by atoms with Gasteiger partial charge >= 0.3 is 0 Å². The van der Waals surface area contributed by atoms with Crippen LogP contribution < -0.4 is 0 Å². The summed E-state index contributed by atoms with van der Waals surface area (Å²) < 4.78 is 11.4. The Labute approximate surface area is 88.0 Å². The first-order valence-corrected chi connectivity index (χ1v) is 5.98. The first-order chi connectivity index (χ1) is 6.66. The van der Waals surface area contributed by atoms with Crippen molar-refractivity contribution in [2.24, 2.45) is 0 Å². The lowest BCUT2D eigenvalue weighted by Crippen LogP contribution is -2.25. The first-order valence-electron chi connectivity index (χ1n) is 5.98. The van der Waals surface area contributed by atoms with Crippen molar-refractivity contribution in [3.05, 3.63) is 0 Å². The highest BCUT2D eigenvalue weighted by molar-refractivity contribution is 4.72. The minimum atomic E-state index is -0.286. The number of unbranched alkanes of at least 4 members (excludes halogenated alkanes) is 4. The van der Waals surface area contributed by atoms with Crippen molar-refractivity contribution in [2.45, 2.75) is 71.2 Å². The molecule has 84 valence electrons. The molecule has 0 aromatic heterocycles. The fourth-order valence-corrected chi connectivity index (χ4v) is 1.97. The third kappa shape index (κ3) is 3.97. The molecule has 1 aliphatic heterocycles. The molecule has 1 rings (SSSR count). The highest BCUT2D eigenvalue weighted by atomic mass is 16.7. The van der Waals surface area contributed by atoms with Crippen LogP contribution in [-0.4, -0.2) is 18.5 Å². The van der Waals surface area contributed by atoms with Crippen molar-refractivity contribution >= 4 is 0 Å². The van der Waals surface area contributed by atoms with Crippen LogP contribution in [0.25, 0.3) is 0 Å². The van der Waals surface area contributed by atoms with Crippen LogP contribution in [0.2, 0.25) is 0 Å². The lowest BCUT2D eigenvalue weighted by Gasteiger charge is -2.22. The SMILES string of the molecule is CCCCCCC[C@@]1(C)OC[C@H](C)O1. The topological polar surface area (TPSA) is 18.5 Å². The van der Waals surface area contributed by atoms with E-state index in [0.717, 1.165) is 13.0 Å². The van der Waals surface area contributed by atoms with Crippen molar-refractivity contribution in [3.63, 3.8) is 0 Å². The summed E-state index contributed by atoms with van der Waals surface area (Å²) in [7, 11) is 0. The molecular weight excluding hydrogens is 176 g/mol. The van der Waals surface area contributed by atoms with Crippen molar-refractivity contribution < 1.29 is 9.47 Å². The van der Waals surface area contributed by atoms with E-state index in [1.165, 1.54) is 32.1 Å². The van der Waals surface area contributed by atoms with Gasteiger partial charge in [0.15, 0.2) is 5.79 Å². The average molecular weight is 200 g/mol. The van der Waals surface area contributed by atoms with Gasteiger partial charge in [-0.25, -0.2) is 0 Å². The molecule has 1 fully saturated rings. The van der Waals surface area contributed by atoms with Gasteiger partial charge in [-0.2, -0.15) is 0 Å². The third-order valence-electron chi connectivity index (χ3n) is 2.81. The van der Waals surface area contributed by atoms with Gasteiger partial charge in [0.05, 0.1) is 12.7 Å². The van der Waals surface area contributed by atoms with Gasteiger partial charge in [-0.1, -0.05) is 32.6 Å². The molecule has 1 heterocycles. The summed E-state index contributed by atoms with van der Waals surface area (Å²) in [5.74, 6) is -0.286. The predicted molar refractivity (Wildman–Crippen MR) is 58.3 cm³/mol. The summed E-state index contributed by atoms with van der Waals surface area (Å²) in [6.45, 7) is 7.14. The van der Waals surface area contributed by atoms with Crippen LogP contribution in [0.15, 0.2) is 0 Å². The molecule has 2 atom stereocenters. The zero-order valence-corrected chi connectivity index (χ0v) is 9.84. The molecule has 0 aromatic carbocycles. The molecule has 0 spiro atoms. The number of ether oxygens (including phenoxy) is 2. The summed E-state index contributed by atoms with van der Waals surface area (Å²) in [4.78, 5) is 0. The van der Waals surface area contributed by atoms with Crippen LogP contribution in [-0.2, 0) is 9.47 Å². The maximum Gasteiger partial charge on any atom is 0.166 e. The Morgan fingerprint density at radius 2 is 1.93 bits per heavy atom. The van der Waals surface area contributed by atoms with Crippen LogP contribution in [0.5, 0.6) is 0 Å². The molecule has 1 aliphatic rings. The van der Waals surface area contributed by atoms with Gasteiger partial charge < -0.3 is 9.47 Å². The Morgan fingerprint density at radius 1 is 1.21 bits per heavy atom. The van der Waals surface area contributed by atoms with Gasteiger partial charge in [-0.3, -0.25) is 0 Å². The molecule has 0 radical (unpaired) electrons. The zero-order valence-electron chi connectivity index (χ0n) is 9.84. The lowest BCUT2D eigenvalue weighted by molar-refractivity contribution is -0.157. The van der Waals surface area contributed by atoms with Gasteiger partial charge in [0.2, 0.25) is 0 Å². The minimum absolute atomic E-state index is 0.274. The second kappa shape index (κ2) is 5.72. The Hall–Kier alpha value is -0.0800. The maximum absolute atomic E-state index is 5.73. The minimum Gasteiger partial charge on any atom is -0.348 e. The molecule has 1 saturated heterocycles. The van der Waals surface area contributed by atoms with Crippen LogP contribution in [0.3, 0.4) is 0 Å². The number of rotatable bonds is 6. The van der Waals surface area contributed by atoms with Gasteiger partial charge in [0, 0.05) is 6.42 Å². The van der Waals surface area contributed by atoms with E-state index in [4.69, 9.17) is 9.47 Å². The fraction of sp³-hybridized carbons (Fsp3) is 1.00. The molecule has 0 bridgehead atoms. The molecule has 2 nitrogen and oxygen atoms in total. The molecule has 0 aliphatic carbocycles. The van der Waals surface area contributed by atoms with Crippen LogP contribution in [0.1, 0.15) is 59.3 Å². The second-order valence-corrected chi connectivity index (χ2v) is 4.54. The molecule has 0 saturated carbocycles. The van der Waals surface area contributed by atoms with E-state index in [1.54, 1.807) is 0 Å². The Morgan fingerprint density at radius 3 is 2.50 bits per heavy atom. The smallest absolute Gasteiger partial charge is 0.166 e. The normalized spacial score (nSPS) is 32.4. The van der Waals surface area contributed by atoms with Crippen molar-refractivity contribution in [2.75, 3.05) is 6.61 Å². The van der Waals surface area contributed by atoms with E-state index in [9.17, 15) is 0 Å². The molecule has 0 aromatic rings. The van der Waals surface area contributed by atoms with Crippen molar-refractivity contribution in [1.29, 1.82) is 0 Å². The predicted octanol–water partition coefficient (Wildman–Crippen LogP) is 3.50. The summed E-state index contributed by atoms with van der Waals surface area (Å²) in [5, 5.41) is 0. The van der Waals surface area contributed by atoms with E-state index >= 15 is 0 Å². The summed E-state index contributed by atoms with van der Waals surface area (Å²) in [6.07, 6.45) is 7.86. The fourth-order valence-electron chi connectivity index (χ4n) is 1.97. The maximum atomic E-state index is 5.73. The van der Waals surface area contributed by atoms with Crippen molar-refractivity contribution in [1.82, 2.24) is 0 Å². The molecule has 14 heavy (non-hydrogen) atoms. The number of hydrogen-bond acceptors (Lipinski definition) is 2. The average Bonchev–Trinajstić information content (AvgIpc) is 2.47. The highest BCUT2D eigenvalue weighted by Gasteiger charge is 2.34. The van der Waals surface area contributed by atoms with Gasteiger partial charge in [-0.05, 0) is 20.3 Å². The molecule has 0 unspecified atom stereocenters. The van der Waals surface area contributed by atoms with Crippen LogP contribution in [0, 0.1) is 0 Å². The van der Waals surface area contributed by atoms with E-state index in [-0.39, 0.29) is 11.9 Å². The standard InChI is InChI=1S/C12H24O2/c1-4-5-6-7-8-9-12(3)13-10-11(2)14-12/h11H,4-10H2,1-3H3/t11-,12-/m0/s1. The molecule has 2 heteroatoms. The van der Waals surface area contributed by atoms with Crippen molar-refractivity contribution in [3.8, 4) is 0 Å². The van der Waals surface area contributed by atoms with Gasteiger partial charge in [-0.15, -0.1) is 0 Å². The highest BCUT2D eigenvalue weighted by Crippen LogP contribution is 2.28. The third-order valence-corrected chi connectivity index (χ3v) is 2.81. The van der Waals surface area contributed by atoms with E-state index < -0.39 is 0 Å². The molecule has 0 N–H and O–H groups in total. The van der Waals surface area contributed by atoms with Gasteiger partial charge in [0.1, 0.15) is 0 Å². The van der Waals surface area contributed by atoms with E-state index in [2.05, 4.69) is 20.8 Å². The molecular formula is C12H24O2. The summed E-state index contributed by atoms with van der Waals surface area (Å²) in [5.41, 5.74) is 0. The molecule has 0 amide bonds. The second-order valence-electron chi connectivity index (χ2n) is 4.54. The number of hydrogen-bond donors (Lipinski definition) is 0. The van der Waals surface area contributed by atoms with E-state index in [0.29, 0.717) is 0 Å². The van der Waals surface area contributed by atoms with Gasteiger partial charge in [0.25, 0.3) is 0 Å². The first kappa shape index (κ1) is 12.0. The van der Waals surface area contributed by atoms with Crippen LogP contribution >= 0.6 is 0 Å². The Balaban J connectivity index is 2.05. The summed E-state index contributed by atoms with van der Waals surface area (Å²) >= 11 is 0. The van der Waals surface area contributed by atoms with Crippen LogP contribution in [0.4, 0.5) is 0 Å². The van der Waals surface area contributed by atoms with E-state index in [1.807, 2.05) is 0 Å². The Kier molecular flexibility index (Phi) is 4.90. The lowest BCUT2D eigenvalue weighted by atomic mass is 10.1.